The number of thiazole rings is 1. The molecule has 4 rings (SSSR count). The Hall–Kier alpha value is -3.43. The quantitative estimate of drug-likeness (QED) is 0.488. The zero-order valence-corrected chi connectivity index (χ0v) is 20.2. The summed E-state index contributed by atoms with van der Waals surface area (Å²) >= 11 is 7.20. The molecule has 0 saturated carbocycles. The Labute approximate surface area is 206 Å². The van der Waals surface area contributed by atoms with Crippen LogP contribution < -0.4 is 15.5 Å². The maximum atomic E-state index is 12.8. The van der Waals surface area contributed by atoms with Crippen LogP contribution in [0.25, 0.3) is 0 Å². The molecule has 8 nitrogen and oxygen atoms in total. The van der Waals surface area contributed by atoms with Gasteiger partial charge in [0.15, 0.2) is 10.9 Å². The number of hydrogen-bond acceptors (Lipinski definition) is 6. The predicted octanol–water partition coefficient (Wildman–Crippen LogP) is 4.53. The van der Waals surface area contributed by atoms with E-state index in [-0.39, 0.29) is 18.1 Å². The summed E-state index contributed by atoms with van der Waals surface area (Å²) in [5.41, 5.74) is 2.93. The number of nitrogens with one attached hydrogen (secondary N) is 2. The molecular weight excluding hydrogens is 474 g/mol. The molecule has 0 atom stereocenters. The fraction of sp³-hybridized carbons (Fsp3) is 0.250. The Morgan fingerprint density at radius 1 is 1.03 bits per heavy atom. The Bertz CT molecular complexity index is 1190. The van der Waals surface area contributed by atoms with E-state index in [1.165, 1.54) is 11.3 Å². The number of anilines is 3. The lowest BCUT2D eigenvalue weighted by Gasteiger charge is -2.36. The Morgan fingerprint density at radius 3 is 2.44 bits per heavy atom. The first-order valence-corrected chi connectivity index (χ1v) is 12.0. The van der Waals surface area contributed by atoms with Crippen molar-refractivity contribution in [1.82, 2.24) is 9.88 Å². The number of piperazine rings is 1. The molecule has 0 spiro atoms. The van der Waals surface area contributed by atoms with Gasteiger partial charge < -0.3 is 15.1 Å². The minimum Gasteiger partial charge on any atom is -0.368 e. The van der Waals surface area contributed by atoms with Crippen molar-refractivity contribution in [2.45, 2.75) is 13.3 Å². The molecule has 1 aliphatic rings. The highest BCUT2D eigenvalue weighted by Gasteiger charge is 2.22. The standard InChI is InChI=1S/C24H24ClN5O3S/c1-16(31)17-5-7-21(8-6-17)29-9-11-30(12-10-29)22(32)14-20-15-34-24(27-20)28-23(33)26-19-4-2-3-18(25)13-19/h2-8,13,15H,9-12,14H2,1H3,(H2,26,27,28,33). The van der Waals surface area contributed by atoms with Crippen LogP contribution >= 0.6 is 22.9 Å². The van der Waals surface area contributed by atoms with Crippen molar-refractivity contribution >= 4 is 57.2 Å². The molecule has 176 valence electrons. The molecule has 1 fully saturated rings. The van der Waals surface area contributed by atoms with E-state index in [1.807, 2.05) is 29.2 Å². The third-order valence-corrected chi connectivity index (χ3v) is 6.50. The number of rotatable bonds is 6. The van der Waals surface area contributed by atoms with Crippen molar-refractivity contribution < 1.29 is 14.4 Å². The molecule has 2 heterocycles. The Kier molecular flexibility index (Phi) is 7.44. The molecule has 2 N–H and O–H groups in total. The molecule has 2 aromatic carbocycles. The summed E-state index contributed by atoms with van der Waals surface area (Å²) in [7, 11) is 0. The van der Waals surface area contributed by atoms with Crippen LogP contribution in [0.15, 0.2) is 53.9 Å². The molecule has 3 amide bonds. The Balaban J connectivity index is 1.25. The summed E-state index contributed by atoms with van der Waals surface area (Å²) in [5.74, 6) is 0.0518. The Morgan fingerprint density at radius 2 is 1.76 bits per heavy atom. The fourth-order valence-electron chi connectivity index (χ4n) is 3.66. The van der Waals surface area contributed by atoms with Gasteiger partial charge in [-0.3, -0.25) is 14.9 Å². The van der Waals surface area contributed by atoms with Gasteiger partial charge in [0.05, 0.1) is 12.1 Å². The largest absolute Gasteiger partial charge is 0.368 e. The van der Waals surface area contributed by atoms with Crippen molar-refractivity contribution in [3.05, 3.63) is 70.2 Å². The fourth-order valence-corrected chi connectivity index (χ4v) is 4.55. The van der Waals surface area contributed by atoms with Gasteiger partial charge in [-0.15, -0.1) is 11.3 Å². The van der Waals surface area contributed by atoms with Crippen LogP contribution in [0.4, 0.5) is 21.3 Å². The number of aromatic nitrogens is 1. The second-order valence-electron chi connectivity index (χ2n) is 7.88. The zero-order chi connectivity index (χ0) is 24.1. The number of amides is 3. The highest BCUT2D eigenvalue weighted by Crippen LogP contribution is 2.20. The normalized spacial score (nSPS) is 13.5. The third kappa shape index (κ3) is 6.12. The maximum Gasteiger partial charge on any atom is 0.325 e. The van der Waals surface area contributed by atoms with E-state index >= 15 is 0 Å². The molecule has 34 heavy (non-hydrogen) atoms. The van der Waals surface area contributed by atoms with E-state index in [0.29, 0.717) is 40.2 Å². The molecule has 1 aromatic heterocycles. The first kappa shape index (κ1) is 23.7. The number of carbonyl (C=O) groups is 3. The first-order chi connectivity index (χ1) is 16.4. The number of hydrogen-bond donors (Lipinski definition) is 2. The van der Waals surface area contributed by atoms with Gasteiger partial charge in [-0.1, -0.05) is 17.7 Å². The van der Waals surface area contributed by atoms with E-state index in [2.05, 4.69) is 20.5 Å². The van der Waals surface area contributed by atoms with Gasteiger partial charge in [0, 0.05) is 53.5 Å². The molecule has 1 saturated heterocycles. The molecule has 10 heteroatoms. The summed E-state index contributed by atoms with van der Waals surface area (Å²) in [6, 6.07) is 14.0. The number of carbonyl (C=O) groups excluding carboxylic acids is 3. The van der Waals surface area contributed by atoms with Gasteiger partial charge in [-0.25, -0.2) is 9.78 Å². The van der Waals surface area contributed by atoms with Gasteiger partial charge in [0.1, 0.15) is 0 Å². The van der Waals surface area contributed by atoms with Crippen LogP contribution in [0.1, 0.15) is 23.0 Å². The van der Waals surface area contributed by atoms with E-state index in [1.54, 1.807) is 36.6 Å². The van der Waals surface area contributed by atoms with Gasteiger partial charge in [-0.2, -0.15) is 0 Å². The lowest BCUT2D eigenvalue weighted by atomic mass is 10.1. The third-order valence-electron chi connectivity index (χ3n) is 5.46. The van der Waals surface area contributed by atoms with Gasteiger partial charge in [-0.05, 0) is 49.4 Å². The molecule has 0 unspecified atom stereocenters. The van der Waals surface area contributed by atoms with E-state index in [0.717, 1.165) is 18.8 Å². The summed E-state index contributed by atoms with van der Waals surface area (Å²) < 4.78 is 0. The van der Waals surface area contributed by atoms with Crippen molar-refractivity contribution in [1.29, 1.82) is 0 Å². The SMILES string of the molecule is CC(=O)c1ccc(N2CCN(C(=O)Cc3csc(NC(=O)Nc4cccc(Cl)c4)n3)CC2)cc1. The smallest absolute Gasteiger partial charge is 0.325 e. The van der Waals surface area contributed by atoms with Crippen molar-refractivity contribution in [3.8, 4) is 0 Å². The maximum absolute atomic E-state index is 12.8. The molecule has 3 aromatic rings. The van der Waals surface area contributed by atoms with Crippen LogP contribution in [0, 0.1) is 0 Å². The molecule has 0 bridgehead atoms. The van der Waals surface area contributed by atoms with Crippen molar-refractivity contribution in [2.75, 3.05) is 41.7 Å². The minimum atomic E-state index is -0.429. The van der Waals surface area contributed by atoms with E-state index in [4.69, 9.17) is 11.6 Å². The zero-order valence-electron chi connectivity index (χ0n) is 18.6. The molecule has 0 radical (unpaired) electrons. The average molecular weight is 498 g/mol. The lowest BCUT2D eigenvalue weighted by Crippen LogP contribution is -2.49. The second kappa shape index (κ2) is 10.7. The van der Waals surface area contributed by atoms with Gasteiger partial charge in [0.2, 0.25) is 5.91 Å². The van der Waals surface area contributed by atoms with Crippen molar-refractivity contribution in [2.24, 2.45) is 0 Å². The summed E-state index contributed by atoms with van der Waals surface area (Å²) in [5, 5.41) is 8.10. The van der Waals surface area contributed by atoms with E-state index in [9.17, 15) is 14.4 Å². The van der Waals surface area contributed by atoms with Crippen LogP contribution in [0.5, 0.6) is 0 Å². The van der Waals surface area contributed by atoms with Crippen LogP contribution in [0.3, 0.4) is 0 Å². The number of benzene rings is 2. The number of halogens is 1. The summed E-state index contributed by atoms with van der Waals surface area (Å²) in [6.07, 6.45) is 0.182. The average Bonchev–Trinajstić information content (AvgIpc) is 3.25. The topological polar surface area (TPSA) is 94.6 Å². The molecular formula is C24H24ClN5O3S. The monoisotopic (exact) mass is 497 g/mol. The number of nitrogens with zero attached hydrogens (tertiary/aromatic N) is 3. The molecule has 0 aliphatic carbocycles. The number of urea groups is 1. The van der Waals surface area contributed by atoms with Crippen molar-refractivity contribution in [3.63, 3.8) is 0 Å². The summed E-state index contributed by atoms with van der Waals surface area (Å²) in [4.78, 5) is 44.8. The van der Waals surface area contributed by atoms with Crippen LogP contribution in [-0.2, 0) is 11.2 Å². The first-order valence-electron chi connectivity index (χ1n) is 10.8. The minimum absolute atomic E-state index is 0.00630. The highest BCUT2D eigenvalue weighted by atomic mass is 35.5. The summed E-state index contributed by atoms with van der Waals surface area (Å²) in [6.45, 7) is 4.23. The highest BCUT2D eigenvalue weighted by molar-refractivity contribution is 7.14. The van der Waals surface area contributed by atoms with Crippen LogP contribution in [-0.4, -0.2) is 53.8 Å². The van der Waals surface area contributed by atoms with E-state index < -0.39 is 6.03 Å². The number of Topliss-reactive ketones (excluding diaryl/α,β-unsaturated/α-hetero) is 1. The number of ketones is 1. The molecule has 1 aliphatic heterocycles. The second-order valence-corrected chi connectivity index (χ2v) is 9.18. The predicted molar refractivity (Wildman–Crippen MR) is 135 cm³/mol. The van der Waals surface area contributed by atoms with Crippen LogP contribution in [0.2, 0.25) is 5.02 Å². The van der Waals surface area contributed by atoms with Gasteiger partial charge >= 0.3 is 6.03 Å². The van der Waals surface area contributed by atoms with Gasteiger partial charge in [0.25, 0.3) is 0 Å². The lowest BCUT2D eigenvalue weighted by molar-refractivity contribution is -0.130.